The zero-order chi connectivity index (χ0) is 29.1. The fourth-order valence-electron chi connectivity index (χ4n) is 7.98. The van der Waals surface area contributed by atoms with E-state index >= 15 is 4.39 Å². The topological polar surface area (TPSA) is 9.23 Å². The maximum absolute atomic E-state index is 15.3. The standard InChI is InChI=1S/C34H42F6O/c1-2-3-21-4-6-22(7-5-21)23-8-10-24(11-9-23)26-14-17-29(30(35)18-26)25-12-15-27(16-13-25)34(39,40)41-28-19-31(36)33(38)32(37)20-28/h14,17-25,27H,2-13,15-16H2,1H3. The Morgan fingerprint density at radius 3 is 1.80 bits per heavy atom. The van der Waals surface area contributed by atoms with Gasteiger partial charge >= 0.3 is 6.11 Å². The Labute approximate surface area is 240 Å². The third kappa shape index (κ3) is 7.07. The van der Waals surface area contributed by atoms with E-state index in [0.29, 0.717) is 36.5 Å². The van der Waals surface area contributed by atoms with Crippen molar-refractivity contribution in [1.29, 1.82) is 0 Å². The van der Waals surface area contributed by atoms with Crippen molar-refractivity contribution in [2.75, 3.05) is 0 Å². The van der Waals surface area contributed by atoms with E-state index in [1.807, 2.05) is 12.1 Å². The first-order valence-electron chi connectivity index (χ1n) is 15.6. The molecule has 0 atom stereocenters. The van der Waals surface area contributed by atoms with Crippen LogP contribution in [0.2, 0.25) is 0 Å². The Bertz CT molecular complexity index is 1130. The Hall–Kier alpha value is -2.18. The molecule has 2 aromatic rings. The summed E-state index contributed by atoms with van der Waals surface area (Å²) in [6, 6.07) is 6.37. The summed E-state index contributed by atoms with van der Waals surface area (Å²) in [6.07, 6.45) is 9.97. The molecule has 0 saturated heterocycles. The van der Waals surface area contributed by atoms with Crippen LogP contribution in [0.1, 0.15) is 120 Å². The van der Waals surface area contributed by atoms with Crippen LogP contribution in [0.15, 0.2) is 30.3 Å². The SMILES string of the molecule is CCCC1CCC(C2CCC(c3ccc(C4CCC(C(F)(F)Oc5cc(F)c(F)c(F)c5)CC4)c(F)c3)CC2)CC1. The van der Waals surface area contributed by atoms with E-state index in [1.165, 1.54) is 51.4 Å². The maximum Gasteiger partial charge on any atom is 0.400 e. The van der Waals surface area contributed by atoms with Crippen molar-refractivity contribution >= 4 is 0 Å². The number of ether oxygens (including phenoxy) is 1. The molecule has 0 unspecified atom stereocenters. The minimum absolute atomic E-state index is 0.0788. The minimum atomic E-state index is -3.68. The van der Waals surface area contributed by atoms with Crippen molar-refractivity contribution in [3.8, 4) is 5.75 Å². The normalized spacial score (nSPS) is 29.3. The summed E-state index contributed by atoms with van der Waals surface area (Å²) >= 11 is 0. The molecular weight excluding hydrogens is 538 g/mol. The number of rotatable bonds is 8. The molecule has 3 aliphatic carbocycles. The van der Waals surface area contributed by atoms with Crippen molar-refractivity contribution < 1.29 is 31.1 Å². The minimum Gasteiger partial charge on any atom is -0.432 e. The summed E-state index contributed by atoms with van der Waals surface area (Å²) in [7, 11) is 0. The summed E-state index contributed by atoms with van der Waals surface area (Å²) < 4.78 is 89.5. The molecule has 7 heteroatoms. The molecular formula is C34H42F6O. The Kier molecular flexibility index (Phi) is 9.60. The zero-order valence-electron chi connectivity index (χ0n) is 23.9. The number of alkyl halides is 2. The summed E-state index contributed by atoms with van der Waals surface area (Å²) in [5, 5.41) is 0. The molecule has 41 heavy (non-hydrogen) atoms. The highest BCUT2D eigenvalue weighted by atomic mass is 19.3. The number of hydrogen-bond donors (Lipinski definition) is 0. The third-order valence-electron chi connectivity index (χ3n) is 10.4. The largest absolute Gasteiger partial charge is 0.432 e. The first-order valence-corrected chi connectivity index (χ1v) is 15.6. The van der Waals surface area contributed by atoms with Gasteiger partial charge in [-0.05, 0) is 111 Å². The summed E-state index contributed by atoms with van der Waals surface area (Å²) in [6.45, 7) is 2.28. The molecule has 3 fully saturated rings. The van der Waals surface area contributed by atoms with Crippen LogP contribution in [-0.4, -0.2) is 6.11 Å². The summed E-state index contributed by atoms with van der Waals surface area (Å²) in [5.41, 5.74) is 1.61. The smallest absolute Gasteiger partial charge is 0.400 e. The highest BCUT2D eigenvalue weighted by Gasteiger charge is 2.44. The molecule has 226 valence electrons. The van der Waals surface area contributed by atoms with Gasteiger partial charge in [-0.3, -0.25) is 0 Å². The zero-order valence-corrected chi connectivity index (χ0v) is 23.9. The molecule has 0 spiro atoms. The van der Waals surface area contributed by atoms with E-state index in [-0.39, 0.29) is 24.6 Å². The number of hydrogen-bond acceptors (Lipinski definition) is 1. The van der Waals surface area contributed by atoms with E-state index in [4.69, 9.17) is 0 Å². The van der Waals surface area contributed by atoms with Crippen molar-refractivity contribution in [1.82, 2.24) is 0 Å². The Balaban J connectivity index is 1.12. The van der Waals surface area contributed by atoms with Crippen LogP contribution >= 0.6 is 0 Å². The van der Waals surface area contributed by atoms with E-state index in [2.05, 4.69) is 11.7 Å². The van der Waals surface area contributed by atoms with E-state index in [0.717, 1.165) is 36.2 Å². The van der Waals surface area contributed by atoms with Gasteiger partial charge in [-0.1, -0.05) is 44.7 Å². The lowest BCUT2D eigenvalue weighted by Crippen LogP contribution is -2.37. The third-order valence-corrected chi connectivity index (χ3v) is 10.4. The van der Waals surface area contributed by atoms with Crippen LogP contribution in [0.5, 0.6) is 5.75 Å². The molecule has 0 heterocycles. The van der Waals surface area contributed by atoms with Crippen LogP contribution in [0.25, 0.3) is 0 Å². The molecule has 0 aliphatic heterocycles. The van der Waals surface area contributed by atoms with Crippen molar-refractivity contribution in [3.05, 3.63) is 64.7 Å². The van der Waals surface area contributed by atoms with Gasteiger partial charge in [0, 0.05) is 12.1 Å². The average Bonchev–Trinajstić information content (AvgIpc) is 2.96. The Morgan fingerprint density at radius 1 is 0.683 bits per heavy atom. The van der Waals surface area contributed by atoms with Gasteiger partial charge in [-0.2, -0.15) is 8.78 Å². The van der Waals surface area contributed by atoms with Gasteiger partial charge in [0.15, 0.2) is 17.5 Å². The van der Waals surface area contributed by atoms with Gasteiger partial charge in [0.2, 0.25) is 0 Å². The van der Waals surface area contributed by atoms with Crippen LogP contribution < -0.4 is 4.74 Å². The maximum atomic E-state index is 15.3. The lowest BCUT2D eigenvalue weighted by atomic mass is 9.68. The molecule has 0 bridgehead atoms. The van der Waals surface area contributed by atoms with E-state index < -0.39 is 35.2 Å². The lowest BCUT2D eigenvalue weighted by Gasteiger charge is -2.38. The van der Waals surface area contributed by atoms with Crippen molar-refractivity contribution in [3.63, 3.8) is 0 Å². The average molecular weight is 581 g/mol. The van der Waals surface area contributed by atoms with Gasteiger partial charge in [0.1, 0.15) is 11.6 Å². The highest BCUT2D eigenvalue weighted by molar-refractivity contribution is 5.30. The van der Waals surface area contributed by atoms with Crippen LogP contribution in [0.4, 0.5) is 26.3 Å². The van der Waals surface area contributed by atoms with E-state index in [1.54, 1.807) is 6.07 Å². The number of benzene rings is 2. The quantitative estimate of drug-likeness (QED) is 0.223. The van der Waals surface area contributed by atoms with Gasteiger partial charge < -0.3 is 4.74 Å². The number of halogens is 6. The molecule has 1 nitrogen and oxygen atoms in total. The molecule has 2 aromatic carbocycles. The van der Waals surface area contributed by atoms with Gasteiger partial charge in [0.25, 0.3) is 0 Å². The first kappa shape index (κ1) is 30.3. The van der Waals surface area contributed by atoms with Gasteiger partial charge in [-0.25, -0.2) is 17.6 Å². The van der Waals surface area contributed by atoms with Crippen LogP contribution in [0.3, 0.4) is 0 Å². The van der Waals surface area contributed by atoms with Crippen molar-refractivity contribution in [2.45, 2.75) is 115 Å². The van der Waals surface area contributed by atoms with Crippen molar-refractivity contribution in [2.24, 2.45) is 23.7 Å². The molecule has 3 saturated carbocycles. The summed E-state index contributed by atoms with van der Waals surface area (Å²) in [4.78, 5) is 0. The molecule has 0 radical (unpaired) electrons. The fraction of sp³-hybridized carbons (Fsp3) is 0.647. The highest BCUT2D eigenvalue weighted by Crippen LogP contribution is 2.46. The van der Waals surface area contributed by atoms with Gasteiger partial charge in [-0.15, -0.1) is 0 Å². The second kappa shape index (κ2) is 13.0. The molecule has 0 amide bonds. The second-order valence-corrected chi connectivity index (χ2v) is 12.9. The van der Waals surface area contributed by atoms with E-state index in [9.17, 15) is 22.0 Å². The molecule has 5 rings (SSSR count). The van der Waals surface area contributed by atoms with Crippen LogP contribution in [-0.2, 0) is 0 Å². The Morgan fingerprint density at radius 2 is 1.24 bits per heavy atom. The van der Waals surface area contributed by atoms with Gasteiger partial charge in [0.05, 0.1) is 5.92 Å². The molecule has 3 aliphatic rings. The predicted molar refractivity (Wildman–Crippen MR) is 148 cm³/mol. The predicted octanol–water partition coefficient (Wildman–Crippen LogP) is 11.1. The molecule has 0 aromatic heterocycles. The fourth-order valence-corrected chi connectivity index (χ4v) is 7.98. The monoisotopic (exact) mass is 580 g/mol. The first-order chi connectivity index (χ1) is 19.6. The second-order valence-electron chi connectivity index (χ2n) is 12.9. The van der Waals surface area contributed by atoms with Crippen LogP contribution in [0, 0.1) is 46.9 Å². The molecule has 0 N–H and O–H groups in total. The lowest BCUT2D eigenvalue weighted by molar-refractivity contribution is -0.222. The summed E-state index contributed by atoms with van der Waals surface area (Å²) in [5.74, 6) is -4.33.